The number of hydrogen-bond donors (Lipinski definition) is 1. The summed E-state index contributed by atoms with van der Waals surface area (Å²) in [6, 6.07) is 16.0. The summed E-state index contributed by atoms with van der Waals surface area (Å²) in [5.41, 5.74) is 1.46. The third-order valence-electron chi connectivity index (χ3n) is 4.77. The van der Waals surface area contributed by atoms with E-state index in [1.807, 2.05) is 30.3 Å². The molecule has 3 aromatic rings. The van der Waals surface area contributed by atoms with E-state index in [1.165, 1.54) is 10.7 Å². The van der Waals surface area contributed by atoms with Crippen molar-refractivity contribution in [3.05, 3.63) is 71.1 Å². The molecule has 0 atom stereocenters. The van der Waals surface area contributed by atoms with Gasteiger partial charge in [-0.1, -0.05) is 30.3 Å². The molecular formula is C22H23N5O4. The summed E-state index contributed by atoms with van der Waals surface area (Å²) < 4.78 is 12.4. The lowest BCUT2D eigenvalue weighted by Crippen LogP contribution is -2.43. The monoisotopic (exact) mass is 421 g/mol. The van der Waals surface area contributed by atoms with E-state index in [0.29, 0.717) is 37.9 Å². The lowest BCUT2D eigenvalue weighted by Gasteiger charge is -2.26. The molecule has 1 N–H and O–H groups in total. The van der Waals surface area contributed by atoms with Gasteiger partial charge in [0.25, 0.3) is 5.56 Å². The van der Waals surface area contributed by atoms with Crippen LogP contribution in [0.15, 0.2) is 65.6 Å². The van der Waals surface area contributed by atoms with Gasteiger partial charge in [0, 0.05) is 37.0 Å². The maximum absolute atomic E-state index is 12.3. The first-order chi connectivity index (χ1) is 15.2. The number of nitrogens with zero attached hydrogens (tertiary/aromatic N) is 4. The molecule has 9 heteroatoms. The van der Waals surface area contributed by atoms with Gasteiger partial charge in [-0.25, -0.2) is 14.5 Å². The number of carbonyl (C=O) groups is 1. The number of hydrogen-bond acceptors (Lipinski definition) is 6. The van der Waals surface area contributed by atoms with E-state index in [2.05, 4.69) is 15.4 Å². The molecule has 0 unspecified atom stereocenters. The number of urea groups is 1. The molecule has 0 radical (unpaired) electrons. The minimum Gasteiger partial charge on any atom is -0.491 e. The molecule has 1 aromatic carbocycles. The quantitative estimate of drug-likeness (QED) is 0.656. The number of amides is 2. The lowest BCUT2D eigenvalue weighted by atomic mass is 10.1. The zero-order valence-electron chi connectivity index (χ0n) is 16.9. The summed E-state index contributed by atoms with van der Waals surface area (Å²) in [5, 5.41) is 7.19. The highest BCUT2D eigenvalue weighted by atomic mass is 16.5. The molecule has 9 nitrogen and oxygen atoms in total. The highest BCUT2D eigenvalue weighted by Gasteiger charge is 2.17. The number of ether oxygens (including phenoxy) is 2. The van der Waals surface area contributed by atoms with E-state index in [1.54, 1.807) is 29.3 Å². The van der Waals surface area contributed by atoms with E-state index < -0.39 is 0 Å². The van der Waals surface area contributed by atoms with Crippen LogP contribution in [-0.2, 0) is 11.3 Å². The van der Waals surface area contributed by atoms with Gasteiger partial charge in [-0.3, -0.25) is 10.1 Å². The van der Waals surface area contributed by atoms with Crippen molar-refractivity contribution in [3.63, 3.8) is 0 Å². The van der Waals surface area contributed by atoms with Crippen molar-refractivity contribution >= 4 is 11.8 Å². The zero-order chi connectivity index (χ0) is 21.5. The van der Waals surface area contributed by atoms with Crippen LogP contribution in [0.4, 0.5) is 10.6 Å². The first-order valence-corrected chi connectivity index (χ1v) is 10.1. The van der Waals surface area contributed by atoms with Crippen molar-refractivity contribution in [1.82, 2.24) is 19.7 Å². The number of nitrogens with one attached hydrogen (secondary N) is 1. The summed E-state index contributed by atoms with van der Waals surface area (Å²) in [4.78, 5) is 30.3. The molecule has 0 aliphatic carbocycles. The van der Waals surface area contributed by atoms with Gasteiger partial charge in [-0.05, 0) is 12.1 Å². The van der Waals surface area contributed by atoms with Crippen LogP contribution >= 0.6 is 0 Å². The Morgan fingerprint density at radius 2 is 1.90 bits per heavy atom. The van der Waals surface area contributed by atoms with E-state index >= 15 is 0 Å². The first-order valence-electron chi connectivity index (χ1n) is 10.1. The van der Waals surface area contributed by atoms with Gasteiger partial charge in [0.15, 0.2) is 0 Å². The Morgan fingerprint density at radius 1 is 1.10 bits per heavy atom. The summed E-state index contributed by atoms with van der Waals surface area (Å²) in [6.07, 6.45) is 1.56. The number of anilines is 1. The molecule has 1 fully saturated rings. The Bertz CT molecular complexity index is 1080. The average molecular weight is 421 g/mol. The van der Waals surface area contributed by atoms with Crippen molar-refractivity contribution in [2.75, 3.05) is 38.2 Å². The van der Waals surface area contributed by atoms with E-state index in [-0.39, 0.29) is 24.7 Å². The predicted molar refractivity (Wildman–Crippen MR) is 115 cm³/mol. The maximum atomic E-state index is 12.3. The Morgan fingerprint density at radius 3 is 2.71 bits per heavy atom. The summed E-state index contributed by atoms with van der Waals surface area (Å²) in [6.45, 7) is 2.69. The Hall–Kier alpha value is -3.72. The number of carbonyl (C=O) groups excluding carboxylic acids is 1. The highest BCUT2D eigenvalue weighted by Crippen LogP contribution is 2.16. The Balaban J connectivity index is 1.35. The summed E-state index contributed by atoms with van der Waals surface area (Å²) in [5.74, 6) is 0.940. The number of benzene rings is 1. The molecule has 3 heterocycles. The molecule has 31 heavy (non-hydrogen) atoms. The molecule has 0 bridgehead atoms. The molecule has 1 aliphatic heterocycles. The van der Waals surface area contributed by atoms with Crippen molar-refractivity contribution in [2.45, 2.75) is 6.54 Å². The Kier molecular flexibility index (Phi) is 6.53. The Labute approximate surface area is 179 Å². The number of pyridine rings is 1. The number of morpholine rings is 1. The largest absolute Gasteiger partial charge is 0.491 e. The second-order valence-corrected chi connectivity index (χ2v) is 6.90. The van der Waals surface area contributed by atoms with E-state index in [4.69, 9.17) is 9.47 Å². The minimum atomic E-state index is -0.221. The van der Waals surface area contributed by atoms with E-state index in [0.717, 1.165) is 11.3 Å². The van der Waals surface area contributed by atoms with Gasteiger partial charge in [0.1, 0.15) is 18.2 Å². The van der Waals surface area contributed by atoms with Gasteiger partial charge < -0.3 is 14.4 Å². The topological polar surface area (TPSA) is 98.6 Å². The van der Waals surface area contributed by atoms with Crippen LogP contribution in [0.5, 0.6) is 5.75 Å². The fourth-order valence-corrected chi connectivity index (χ4v) is 3.15. The molecule has 4 rings (SSSR count). The minimum absolute atomic E-state index is 0.198. The van der Waals surface area contributed by atoms with Crippen LogP contribution in [-0.4, -0.2) is 58.6 Å². The zero-order valence-corrected chi connectivity index (χ0v) is 16.9. The van der Waals surface area contributed by atoms with Crippen LogP contribution in [0.1, 0.15) is 0 Å². The third-order valence-corrected chi connectivity index (χ3v) is 4.77. The van der Waals surface area contributed by atoms with Gasteiger partial charge in [0.05, 0.1) is 25.5 Å². The van der Waals surface area contributed by atoms with Crippen molar-refractivity contribution in [3.8, 4) is 17.0 Å². The number of rotatable bonds is 6. The standard InChI is InChI=1S/C22H23N5O4/c28-21-7-6-19(17-4-2-1-3-5-17)25-27(21)12-15-31-18-8-9-23-20(16-18)24-22(29)26-10-13-30-14-11-26/h1-9,16H,10-15H2,(H,23,24,29). The fraction of sp³-hybridized carbons (Fsp3) is 0.273. The summed E-state index contributed by atoms with van der Waals surface area (Å²) >= 11 is 0. The van der Waals surface area contributed by atoms with Crippen LogP contribution in [0.25, 0.3) is 11.3 Å². The normalized spacial score (nSPS) is 13.6. The molecular weight excluding hydrogens is 398 g/mol. The molecule has 0 spiro atoms. The smallest absolute Gasteiger partial charge is 0.323 e. The molecule has 160 valence electrons. The van der Waals surface area contributed by atoms with Gasteiger partial charge in [-0.2, -0.15) is 5.10 Å². The van der Waals surface area contributed by atoms with Crippen LogP contribution in [0, 0.1) is 0 Å². The maximum Gasteiger partial charge on any atom is 0.323 e. The van der Waals surface area contributed by atoms with Gasteiger partial charge >= 0.3 is 6.03 Å². The SMILES string of the molecule is O=C(Nc1cc(OCCn2nc(-c3ccccc3)ccc2=O)ccn1)N1CCOCC1. The lowest BCUT2D eigenvalue weighted by molar-refractivity contribution is 0.0564. The van der Waals surface area contributed by atoms with E-state index in [9.17, 15) is 9.59 Å². The second kappa shape index (κ2) is 9.86. The average Bonchev–Trinajstić information content (AvgIpc) is 2.82. The van der Waals surface area contributed by atoms with Crippen LogP contribution in [0.2, 0.25) is 0 Å². The van der Waals surface area contributed by atoms with Gasteiger partial charge in [-0.15, -0.1) is 0 Å². The first kappa shape index (κ1) is 20.5. The summed E-state index contributed by atoms with van der Waals surface area (Å²) in [7, 11) is 0. The molecule has 2 amide bonds. The van der Waals surface area contributed by atoms with Gasteiger partial charge in [0.2, 0.25) is 0 Å². The molecule has 1 saturated heterocycles. The molecule has 0 saturated carbocycles. The third kappa shape index (κ3) is 5.46. The fourth-order valence-electron chi connectivity index (χ4n) is 3.15. The van der Waals surface area contributed by atoms with Crippen molar-refractivity contribution < 1.29 is 14.3 Å². The highest BCUT2D eigenvalue weighted by molar-refractivity contribution is 5.88. The second-order valence-electron chi connectivity index (χ2n) is 6.90. The van der Waals surface area contributed by atoms with Crippen LogP contribution in [0.3, 0.4) is 0 Å². The predicted octanol–water partition coefficient (Wildman–Crippen LogP) is 2.25. The van der Waals surface area contributed by atoms with Crippen molar-refractivity contribution in [2.24, 2.45) is 0 Å². The van der Waals surface area contributed by atoms with Crippen molar-refractivity contribution in [1.29, 1.82) is 0 Å². The number of aromatic nitrogens is 3. The molecule has 1 aliphatic rings. The molecule has 2 aromatic heterocycles. The van der Waals surface area contributed by atoms with Crippen LogP contribution < -0.4 is 15.6 Å².